The quantitative estimate of drug-likeness (QED) is 0.446. The Bertz CT molecular complexity index is 205. The molecule has 0 aromatic heterocycles. The van der Waals surface area contributed by atoms with Crippen molar-refractivity contribution in [2.75, 3.05) is 15.4 Å². The molecule has 1 saturated carbocycles. The molecule has 2 nitrogen and oxygen atoms in total. The van der Waals surface area contributed by atoms with Crippen molar-refractivity contribution in [1.82, 2.24) is 5.32 Å². The van der Waals surface area contributed by atoms with E-state index in [2.05, 4.69) is 50.5 Å². The Balaban J connectivity index is 2.12. The molecule has 0 aromatic rings. The number of nitrogens with one attached hydrogen (secondary N) is 1. The zero-order chi connectivity index (χ0) is 8.77. The molecule has 1 aliphatic carbocycles. The Labute approximate surface area is 99.5 Å². The molecule has 0 amide bonds. The Morgan fingerprint density at radius 2 is 2.17 bits per heavy atom. The predicted molar refractivity (Wildman–Crippen MR) is 65.0 cm³/mol. The maximum atomic E-state index is 10.7. The Morgan fingerprint density at radius 3 is 2.58 bits per heavy atom. The first-order valence-electron chi connectivity index (χ1n) is 4.11. The van der Waals surface area contributed by atoms with Crippen LogP contribution in [0.15, 0.2) is 0 Å². The summed E-state index contributed by atoms with van der Waals surface area (Å²) in [5, 5.41) is 3.25. The molecule has 0 bridgehead atoms. The van der Waals surface area contributed by atoms with Crippen molar-refractivity contribution in [3.05, 3.63) is 0 Å². The summed E-state index contributed by atoms with van der Waals surface area (Å²) in [5.41, 5.74) is 0.498. The van der Waals surface area contributed by atoms with E-state index >= 15 is 0 Å². The average molecular weight is 391 g/mol. The van der Waals surface area contributed by atoms with E-state index in [0.717, 1.165) is 18.7 Å². The summed E-state index contributed by atoms with van der Waals surface area (Å²) in [6, 6.07) is 0.152. The van der Waals surface area contributed by atoms with Crippen LogP contribution in [0.3, 0.4) is 0 Å². The van der Waals surface area contributed by atoms with Crippen molar-refractivity contribution in [2.24, 2.45) is 17.3 Å². The van der Waals surface area contributed by atoms with E-state index < -0.39 is 0 Å². The van der Waals surface area contributed by atoms with Crippen LogP contribution >= 0.6 is 45.2 Å². The molecule has 68 valence electrons. The molecule has 1 saturated heterocycles. The van der Waals surface area contributed by atoms with Gasteiger partial charge in [-0.3, -0.25) is 0 Å². The molecular weight excluding hydrogens is 380 g/mol. The molecule has 0 spiro atoms. The van der Waals surface area contributed by atoms with E-state index in [1.165, 1.54) is 8.86 Å². The van der Waals surface area contributed by atoms with Crippen LogP contribution in [0, 0.1) is 17.3 Å². The van der Waals surface area contributed by atoms with Crippen molar-refractivity contribution in [3.8, 4) is 0 Å². The number of piperidine rings is 1. The summed E-state index contributed by atoms with van der Waals surface area (Å²) in [6.07, 6.45) is 1.09. The number of halogens is 2. The highest BCUT2D eigenvalue weighted by Gasteiger charge is 2.68. The van der Waals surface area contributed by atoms with Crippen LogP contribution in [0.5, 0.6) is 0 Å². The first kappa shape index (κ1) is 9.64. The molecular formula is C8H11I2NO. The minimum Gasteiger partial charge on any atom is -0.307 e. The second-order valence-electron chi connectivity index (χ2n) is 3.70. The van der Waals surface area contributed by atoms with Gasteiger partial charge in [0.05, 0.1) is 6.04 Å². The third kappa shape index (κ3) is 1.10. The van der Waals surface area contributed by atoms with Crippen molar-refractivity contribution in [3.63, 3.8) is 0 Å². The van der Waals surface area contributed by atoms with Gasteiger partial charge >= 0.3 is 0 Å². The first-order chi connectivity index (χ1) is 5.80. The Morgan fingerprint density at radius 1 is 1.50 bits per heavy atom. The first-order valence-corrected chi connectivity index (χ1v) is 7.16. The SMILES string of the molecule is O=C[C@H]1NC[C@H]2[C@@H]1C2(CI)CI. The number of rotatable bonds is 3. The molecule has 2 rings (SSSR count). The summed E-state index contributed by atoms with van der Waals surface area (Å²) < 4.78 is 2.41. The molecule has 3 atom stereocenters. The van der Waals surface area contributed by atoms with Gasteiger partial charge < -0.3 is 10.1 Å². The van der Waals surface area contributed by atoms with Crippen LogP contribution in [0.4, 0.5) is 0 Å². The van der Waals surface area contributed by atoms with Gasteiger partial charge in [-0.05, 0) is 23.8 Å². The molecule has 2 aliphatic rings. The number of hydrogen-bond donors (Lipinski definition) is 1. The number of aldehydes is 1. The molecule has 0 unspecified atom stereocenters. The van der Waals surface area contributed by atoms with Gasteiger partial charge in [-0.2, -0.15) is 0 Å². The lowest BCUT2D eigenvalue weighted by Gasteiger charge is -2.18. The van der Waals surface area contributed by atoms with Gasteiger partial charge in [0.15, 0.2) is 0 Å². The molecule has 0 aromatic carbocycles. The van der Waals surface area contributed by atoms with Gasteiger partial charge in [0, 0.05) is 8.86 Å². The fraction of sp³-hybridized carbons (Fsp3) is 0.875. The summed E-state index contributed by atoms with van der Waals surface area (Å²) in [7, 11) is 0. The fourth-order valence-corrected chi connectivity index (χ4v) is 6.21. The molecule has 2 fully saturated rings. The van der Waals surface area contributed by atoms with E-state index in [-0.39, 0.29) is 6.04 Å². The normalized spacial score (nSPS) is 42.3. The summed E-state index contributed by atoms with van der Waals surface area (Å²) in [6.45, 7) is 1.06. The lowest BCUT2D eigenvalue weighted by molar-refractivity contribution is -0.109. The minimum absolute atomic E-state index is 0.152. The van der Waals surface area contributed by atoms with Crippen LogP contribution in [-0.2, 0) is 4.79 Å². The number of carbonyl (C=O) groups is 1. The topological polar surface area (TPSA) is 29.1 Å². The second kappa shape index (κ2) is 3.34. The van der Waals surface area contributed by atoms with Gasteiger partial charge in [0.25, 0.3) is 0 Å². The predicted octanol–water partition coefficient (Wildman–Crippen LogP) is 1.26. The van der Waals surface area contributed by atoms with Gasteiger partial charge in [-0.15, -0.1) is 0 Å². The van der Waals surface area contributed by atoms with E-state index in [0.29, 0.717) is 11.3 Å². The summed E-state index contributed by atoms with van der Waals surface area (Å²) >= 11 is 4.92. The third-order valence-corrected chi connectivity index (χ3v) is 6.17. The number of hydrogen-bond acceptors (Lipinski definition) is 2. The van der Waals surface area contributed by atoms with Gasteiger partial charge in [-0.1, -0.05) is 45.2 Å². The van der Waals surface area contributed by atoms with Gasteiger partial charge in [0.1, 0.15) is 6.29 Å². The highest BCUT2D eigenvalue weighted by molar-refractivity contribution is 14.1. The second-order valence-corrected chi connectivity index (χ2v) is 5.23. The van der Waals surface area contributed by atoms with E-state index in [1.807, 2.05) is 0 Å². The van der Waals surface area contributed by atoms with Crippen LogP contribution in [0.25, 0.3) is 0 Å². The van der Waals surface area contributed by atoms with Crippen LogP contribution in [-0.4, -0.2) is 27.7 Å². The van der Waals surface area contributed by atoms with Crippen molar-refractivity contribution in [1.29, 1.82) is 0 Å². The maximum Gasteiger partial charge on any atom is 0.137 e. The Kier molecular flexibility index (Phi) is 2.68. The fourth-order valence-electron chi connectivity index (χ4n) is 2.49. The van der Waals surface area contributed by atoms with Crippen LogP contribution in [0.2, 0.25) is 0 Å². The van der Waals surface area contributed by atoms with Crippen LogP contribution in [0.1, 0.15) is 0 Å². The summed E-state index contributed by atoms with van der Waals surface area (Å²) in [4.78, 5) is 10.7. The average Bonchev–Trinajstić information content (AvgIpc) is 2.54. The number of alkyl halides is 2. The monoisotopic (exact) mass is 391 g/mol. The smallest absolute Gasteiger partial charge is 0.137 e. The molecule has 12 heavy (non-hydrogen) atoms. The van der Waals surface area contributed by atoms with E-state index in [9.17, 15) is 4.79 Å². The molecule has 4 heteroatoms. The number of fused-ring (bicyclic) bond motifs is 1. The molecule has 1 N–H and O–H groups in total. The Hall–Kier alpha value is 1.09. The van der Waals surface area contributed by atoms with Gasteiger partial charge in [0.2, 0.25) is 0 Å². The zero-order valence-corrected chi connectivity index (χ0v) is 10.9. The zero-order valence-electron chi connectivity index (χ0n) is 6.59. The van der Waals surface area contributed by atoms with Crippen molar-refractivity contribution < 1.29 is 4.79 Å². The standard InChI is InChI=1S/C8H11I2NO/c9-3-8(4-10)5-1-11-6(2-12)7(5)8/h2,5-7,11H,1,3-4H2/t5-,6+,7-/m0/s1. The molecule has 1 heterocycles. The van der Waals surface area contributed by atoms with Crippen molar-refractivity contribution in [2.45, 2.75) is 6.04 Å². The largest absolute Gasteiger partial charge is 0.307 e. The van der Waals surface area contributed by atoms with Crippen LogP contribution < -0.4 is 5.32 Å². The molecule has 1 aliphatic heterocycles. The third-order valence-electron chi connectivity index (χ3n) is 3.33. The van der Waals surface area contributed by atoms with E-state index in [1.54, 1.807) is 0 Å². The van der Waals surface area contributed by atoms with Crippen molar-refractivity contribution >= 4 is 51.5 Å². The highest BCUT2D eigenvalue weighted by Crippen LogP contribution is 2.64. The minimum atomic E-state index is 0.152. The maximum absolute atomic E-state index is 10.7. The summed E-state index contributed by atoms with van der Waals surface area (Å²) in [5.74, 6) is 1.42. The lowest BCUT2D eigenvalue weighted by atomic mass is 10.0. The number of carbonyl (C=O) groups excluding carboxylic acids is 1. The van der Waals surface area contributed by atoms with Gasteiger partial charge in [-0.25, -0.2) is 0 Å². The highest BCUT2D eigenvalue weighted by atomic mass is 127. The van der Waals surface area contributed by atoms with E-state index in [4.69, 9.17) is 0 Å². The molecule has 0 radical (unpaired) electrons. The lowest BCUT2D eigenvalue weighted by Crippen LogP contribution is -2.34.